The molecule has 1 aromatic heterocycles. The van der Waals surface area contributed by atoms with Crippen LogP contribution in [0.15, 0.2) is 40.9 Å². The average Bonchev–Trinajstić information content (AvgIpc) is 3.17. The third kappa shape index (κ3) is 3.00. The van der Waals surface area contributed by atoms with Crippen molar-refractivity contribution in [1.82, 2.24) is 10.6 Å². The highest BCUT2D eigenvalue weighted by Crippen LogP contribution is 2.40. The molecule has 0 saturated heterocycles. The third-order valence-electron chi connectivity index (χ3n) is 2.99. The van der Waals surface area contributed by atoms with Crippen molar-refractivity contribution in [2.24, 2.45) is 0 Å². The van der Waals surface area contributed by atoms with Crippen LogP contribution in [-0.4, -0.2) is 11.1 Å². The van der Waals surface area contributed by atoms with Gasteiger partial charge >= 0.3 is 0 Å². The SMILES string of the molecule is O=C(NOCc1ccccc1)c1cc(C2CC2)on1. The van der Waals surface area contributed by atoms with Crippen LogP contribution in [0, 0.1) is 0 Å². The molecule has 1 aliphatic carbocycles. The first-order valence-corrected chi connectivity index (χ1v) is 6.25. The number of nitrogens with one attached hydrogen (secondary N) is 1. The Balaban J connectivity index is 1.50. The Kier molecular flexibility index (Phi) is 3.29. The van der Waals surface area contributed by atoms with E-state index >= 15 is 0 Å². The first-order valence-electron chi connectivity index (χ1n) is 6.25. The van der Waals surface area contributed by atoms with Crippen molar-refractivity contribution < 1.29 is 14.2 Å². The van der Waals surface area contributed by atoms with Gasteiger partial charge in [-0.15, -0.1) is 0 Å². The lowest BCUT2D eigenvalue weighted by molar-refractivity contribution is 0.0226. The van der Waals surface area contributed by atoms with Crippen LogP contribution in [0.2, 0.25) is 0 Å². The summed E-state index contributed by atoms with van der Waals surface area (Å²) < 4.78 is 5.11. The first-order chi connectivity index (χ1) is 9.33. The third-order valence-corrected chi connectivity index (χ3v) is 2.99. The smallest absolute Gasteiger partial charge is 0.297 e. The zero-order valence-electron chi connectivity index (χ0n) is 10.3. The number of carbonyl (C=O) groups excluding carboxylic acids is 1. The van der Waals surface area contributed by atoms with E-state index in [2.05, 4.69) is 10.6 Å². The molecule has 1 aromatic carbocycles. The number of hydroxylamine groups is 1. The van der Waals surface area contributed by atoms with Crippen LogP contribution in [0.5, 0.6) is 0 Å². The summed E-state index contributed by atoms with van der Waals surface area (Å²) >= 11 is 0. The van der Waals surface area contributed by atoms with Gasteiger partial charge in [-0.05, 0) is 18.4 Å². The van der Waals surface area contributed by atoms with Crippen LogP contribution >= 0.6 is 0 Å². The number of aromatic nitrogens is 1. The van der Waals surface area contributed by atoms with Gasteiger partial charge in [0.1, 0.15) is 5.76 Å². The second kappa shape index (κ2) is 5.24. The van der Waals surface area contributed by atoms with Crippen LogP contribution in [0.4, 0.5) is 0 Å². The number of carbonyl (C=O) groups is 1. The van der Waals surface area contributed by atoms with Crippen LogP contribution in [0.25, 0.3) is 0 Å². The Bertz CT molecular complexity index is 561. The van der Waals surface area contributed by atoms with Crippen molar-refractivity contribution in [2.75, 3.05) is 0 Å². The Morgan fingerprint density at radius 2 is 2.16 bits per heavy atom. The standard InChI is InChI=1S/C14H14N2O3/c17-14(12-8-13(19-15-12)11-6-7-11)16-18-9-10-4-2-1-3-5-10/h1-5,8,11H,6-7,9H2,(H,16,17). The molecule has 1 fully saturated rings. The minimum atomic E-state index is -0.383. The highest BCUT2D eigenvalue weighted by Gasteiger charge is 2.28. The minimum absolute atomic E-state index is 0.259. The molecule has 0 unspecified atom stereocenters. The lowest BCUT2D eigenvalue weighted by atomic mass is 10.2. The van der Waals surface area contributed by atoms with E-state index < -0.39 is 0 Å². The predicted molar refractivity (Wildman–Crippen MR) is 67.2 cm³/mol. The summed E-state index contributed by atoms with van der Waals surface area (Å²) in [7, 11) is 0. The Hall–Kier alpha value is -2.14. The fraction of sp³-hybridized carbons (Fsp3) is 0.286. The van der Waals surface area contributed by atoms with Crippen LogP contribution in [0.1, 0.15) is 40.6 Å². The molecule has 0 aliphatic heterocycles. The maximum atomic E-state index is 11.7. The molecular formula is C14H14N2O3. The van der Waals surface area contributed by atoms with E-state index in [1.165, 1.54) is 0 Å². The lowest BCUT2D eigenvalue weighted by Gasteiger charge is -2.03. The van der Waals surface area contributed by atoms with Crippen molar-refractivity contribution in [3.63, 3.8) is 0 Å². The van der Waals surface area contributed by atoms with E-state index in [9.17, 15) is 4.79 Å². The van der Waals surface area contributed by atoms with Gasteiger partial charge in [-0.25, -0.2) is 5.48 Å². The van der Waals surface area contributed by atoms with Crippen molar-refractivity contribution in [2.45, 2.75) is 25.4 Å². The predicted octanol–water partition coefficient (Wildman–Crippen LogP) is 2.41. The molecule has 1 N–H and O–H groups in total. The number of rotatable bonds is 5. The van der Waals surface area contributed by atoms with Gasteiger partial charge in [0.2, 0.25) is 0 Å². The highest BCUT2D eigenvalue weighted by molar-refractivity contribution is 5.91. The Morgan fingerprint density at radius 3 is 2.89 bits per heavy atom. The van der Waals surface area contributed by atoms with Gasteiger partial charge in [0.15, 0.2) is 5.69 Å². The molecule has 3 rings (SSSR count). The topological polar surface area (TPSA) is 64.4 Å². The monoisotopic (exact) mass is 258 g/mol. The molecule has 0 atom stereocenters. The molecule has 98 valence electrons. The van der Waals surface area contributed by atoms with Gasteiger partial charge in [0.05, 0.1) is 6.61 Å². The molecule has 1 saturated carbocycles. The molecule has 0 bridgehead atoms. The second-order valence-electron chi connectivity index (χ2n) is 4.59. The molecular weight excluding hydrogens is 244 g/mol. The summed E-state index contributed by atoms with van der Waals surface area (Å²) in [5, 5.41) is 3.74. The van der Waals surface area contributed by atoms with Crippen LogP contribution in [0.3, 0.4) is 0 Å². The summed E-state index contributed by atoms with van der Waals surface area (Å²) in [6.07, 6.45) is 2.22. The zero-order valence-corrected chi connectivity index (χ0v) is 10.3. The van der Waals surface area contributed by atoms with Crippen LogP contribution in [-0.2, 0) is 11.4 Å². The molecule has 5 nitrogen and oxygen atoms in total. The van der Waals surface area contributed by atoms with Gasteiger partial charge in [-0.3, -0.25) is 9.63 Å². The van der Waals surface area contributed by atoms with Gasteiger partial charge < -0.3 is 4.52 Å². The van der Waals surface area contributed by atoms with E-state index in [4.69, 9.17) is 9.36 Å². The maximum absolute atomic E-state index is 11.7. The Labute approximate surface area is 110 Å². The van der Waals surface area contributed by atoms with E-state index in [0.717, 1.165) is 24.2 Å². The van der Waals surface area contributed by atoms with Crippen LogP contribution < -0.4 is 5.48 Å². The first kappa shape index (κ1) is 11.9. The molecule has 5 heteroatoms. The summed E-state index contributed by atoms with van der Waals surface area (Å²) in [6, 6.07) is 11.3. The molecule has 1 amide bonds. The molecule has 1 aliphatic rings. The number of amides is 1. The normalized spacial score (nSPS) is 14.3. The van der Waals surface area contributed by atoms with Crippen molar-refractivity contribution in [1.29, 1.82) is 0 Å². The zero-order chi connectivity index (χ0) is 13.1. The lowest BCUT2D eigenvalue weighted by Crippen LogP contribution is -2.23. The van der Waals surface area contributed by atoms with E-state index in [0.29, 0.717) is 12.5 Å². The van der Waals surface area contributed by atoms with Gasteiger partial charge in [-0.2, -0.15) is 0 Å². The van der Waals surface area contributed by atoms with Crippen molar-refractivity contribution in [3.05, 3.63) is 53.4 Å². The van der Waals surface area contributed by atoms with Gasteiger partial charge in [-0.1, -0.05) is 35.5 Å². The number of hydrogen-bond donors (Lipinski definition) is 1. The molecule has 1 heterocycles. The minimum Gasteiger partial charge on any atom is -0.360 e. The number of nitrogens with zero attached hydrogens (tertiary/aromatic N) is 1. The quantitative estimate of drug-likeness (QED) is 0.836. The average molecular weight is 258 g/mol. The number of hydrogen-bond acceptors (Lipinski definition) is 4. The largest absolute Gasteiger partial charge is 0.360 e. The molecule has 19 heavy (non-hydrogen) atoms. The second-order valence-corrected chi connectivity index (χ2v) is 4.59. The summed E-state index contributed by atoms with van der Waals surface area (Å²) in [4.78, 5) is 16.9. The summed E-state index contributed by atoms with van der Waals surface area (Å²) in [5.41, 5.74) is 3.61. The van der Waals surface area contributed by atoms with Gasteiger partial charge in [0.25, 0.3) is 5.91 Å². The van der Waals surface area contributed by atoms with E-state index in [1.54, 1.807) is 6.07 Å². The Morgan fingerprint density at radius 1 is 1.37 bits per heavy atom. The number of benzene rings is 1. The molecule has 0 spiro atoms. The summed E-state index contributed by atoms with van der Waals surface area (Å²) in [6.45, 7) is 0.319. The van der Waals surface area contributed by atoms with Crippen molar-refractivity contribution >= 4 is 5.91 Å². The maximum Gasteiger partial charge on any atom is 0.297 e. The van der Waals surface area contributed by atoms with Crippen molar-refractivity contribution in [3.8, 4) is 0 Å². The highest BCUT2D eigenvalue weighted by atomic mass is 16.7. The fourth-order valence-corrected chi connectivity index (χ4v) is 1.77. The fourth-order valence-electron chi connectivity index (χ4n) is 1.77. The van der Waals surface area contributed by atoms with E-state index in [1.807, 2.05) is 30.3 Å². The molecule has 2 aromatic rings. The summed E-state index contributed by atoms with van der Waals surface area (Å²) in [5.74, 6) is 0.846. The molecule has 0 radical (unpaired) electrons. The van der Waals surface area contributed by atoms with E-state index in [-0.39, 0.29) is 11.6 Å². The van der Waals surface area contributed by atoms with Gasteiger partial charge in [0, 0.05) is 12.0 Å².